The van der Waals surface area contributed by atoms with Crippen LogP contribution in [-0.4, -0.2) is 59.2 Å². The van der Waals surface area contributed by atoms with E-state index < -0.39 is 9.84 Å². The first-order chi connectivity index (χ1) is 8.85. The van der Waals surface area contributed by atoms with Crippen molar-refractivity contribution in [2.24, 2.45) is 0 Å². The third-order valence-corrected chi connectivity index (χ3v) is 4.52. The summed E-state index contributed by atoms with van der Waals surface area (Å²) in [6, 6.07) is 0.376. The van der Waals surface area contributed by atoms with E-state index in [-0.39, 0.29) is 5.75 Å². The van der Waals surface area contributed by atoms with Crippen molar-refractivity contribution in [1.82, 2.24) is 19.7 Å². The van der Waals surface area contributed by atoms with Gasteiger partial charge in [0.15, 0.2) is 0 Å². The topological polar surface area (TPSA) is 68.1 Å². The Bertz CT molecular complexity index is 538. The van der Waals surface area contributed by atoms with Crippen LogP contribution in [0.25, 0.3) is 0 Å². The molecular formula is C12H22N4O2S. The molecule has 1 atom stereocenters. The van der Waals surface area contributed by atoms with Crippen LogP contribution in [0.5, 0.6) is 0 Å². The van der Waals surface area contributed by atoms with E-state index in [1.54, 1.807) is 0 Å². The fourth-order valence-corrected chi connectivity index (χ4v) is 3.18. The predicted molar refractivity (Wildman–Crippen MR) is 73.8 cm³/mol. The Balaban J connectivity index is 1.97. The van der Waals surface area contributed by atoms with E-state index in [9.17, 15) is 8.42 Å². The van der Waals surface area contributed by atoms with Crippen molar-refractivity contribution in [1.29, 1.82) is 0 Å². The van der Waals surface area contributed by atoms with E-state index in [1.807, 2.05) is 18.5 Å². The molecule has 0 amide bonds. The summed E-state index contributed by atoms with van der Waals surface area (Å²) in [4.78, 5) is 6.56. The summed E-state index contributed by atoms with van der Waals surface area (Å²) in [5, 5.41) is 4.38. The maximum Gasteiger partial charge on any atom is 0.148 e. The molecule has 19 heavy (non-hydrogen) atoms. The molecule has 108 valence electrons. The minimum absolute atomic E-state index is 0.235. The molecule has 1 aromatic heterocycles. The Morgan fingerprint density at radius 2 is 2.11 bits per heavy atom. The van der Waals surface area contributed by atoms with Gasteiger partial charge in [0.1, 0.15) is 21.5 Å². The number of hydrogen-bond donors (Lipinski definition) is 0. The van der Waals surface area contributed by atoms with Gasteiger partial charge >= 0.3 is 0 Å². The zero-order valence-corrected chi connectivity index (χ0v) is 12.7. The van der Waals surface area contributed by atoms with Crippen LogP contribution >= 0.6 is 0 Å². The Morgan fingerprint density at radius 3 is 2.68 bits per heavy atom. The summed E-state index contributed by atoms with van der Waals surface area (Å²) in [5.74, 6) is 1.95. The molecule has 0 N–H and O–H groups in total. The summed E-state index contributed by atoms with van der Waals surface area (Å²) in [6.45, 7) is 6.24. The molecule has 1 fully saturated rings. The molecule has 0 spiro atoms. The second-order valence-corrected chi connectivity index (χ2v) is 7.61. The van der Waals surface area contributed by atoms with Crippen LogP contribution in [0.15, 0.2) is 0 Å². The molecule has 1 aliphatic heterocycles. The summed E-state index contributed by atoms with van der Waals surface area (Å²) >= 11 is 0. The van der Waals surface area contributed by atoms with Crippen LogP contribution in [0.2, 0.25) is 0 Å². The fourth-order valence-electron chi connectivity index (χ4n) is 2.61. The Kier molecular flexibility index (Phi) is 4.25. The monoisotopic (exact) mass is 286 g/mol. The lowest BCUT2D eigenvalue weighted by Gasteiger charge is -2.24. The lowest BCUT2D eigenvalue weighted by molar-refractivity contribution is 0.237. The summed E-state index contributed by atoms with van der Waals surface area (Å²) in [7, 11) is -2.89. The quantitative estimate of drug-likeness (QED) is 0.784. The molecule has 0 radical (unpaired) electrons. The fraction of sp³-hybridized carbons (Fsp3) is 0.833. The number of aryl methyl sites for hydroxylation is 2. The number of hydrogen-bond acceptors (Lipinski definition) is 5. The maximum atomic E-state index is 11.3. The second kappa shape index (κ2) is 5.58. The third kappa shape index (κ3) is 4.01. The third-order valence-electron chi connectivity index (χ3n) is 3.59. The average Bonchev–Trinajstić information content (AvgIpc) is 2.83. The van der Waals surface area contributed by atoms with Gasteiger partial charge in [-0.3, -0.25) is 4.90 Å². The molecule has 0 saturated carbocycles. The SMILES string of the molecule is Cc1nc(C)n(C[C@H]2CCCN2CCS(C)(=O)=O)n1. The number of rotatable bonds is 5. The van der Waals surface area contributed by atoms with Gasteiger partial charge < -0.3 is 0 Å². The average molecular weight is 286 g/mol. The maximum absolute atomic E-state index is 11.3. The van der Waals surface area contributed by atoms with E-state index in [1.165, 1.54) is 6.26 Å². The van der Waals surface area contributed by atoms with E-state index in [2.05, 4.69) is 15.0 Å². The number of aromatic nitrogens is 3. The van der Waals surface area contributed by atoms with E-state index in [0.29, 0.717) is 12.6 Å². The molecule has 6 nitrogen and oxygen atoms in total. The molecule has 0 aromatic carbocycles. The van der Waals surface area contributed by atoms with Gasteiger partial charge in [-0.2, -0.15) is 5.10 Å². The van der Waals surface area contributed by atoms with Gasteiger partial charge in [-0.1, -0.05) is 0 Å². The first-order valence-corrected chi connectivity index (χ1v) is 8.71. The first kappa shape index (κ1) is 14.5. The lowest BCUT2D eigenvalue weighted by atomic mass is 10.2. The van der Waals surface area contributed by atoms with Crippen molar-refractivity contribution in [2.45, 2.75) is 39.3 Å². The summed E-state index contributed by atoms with van der Waals surface area (Å²) in [6.07, 6.45) is 3.52. The predicted octanol–water partition coefficient (Wildman–Crippen LogP) is 0.404. The second-order valence-electron chi connectivity index (χ2n) is 5.35. The smallest absolute Gasteiger partial charge is 0.148 e. The molecule has 2 heterocycles. The van der Waals surface area contributed by atoms with Gasteiger partial charge in [-0.25, -0.2) is 18.1 Å². The Hall–Kier alpha value is -0.950. The van der Waals surface area contributed by atoms with Crippen LogP contribution in [-0.2, 0) is 16.4 Å². The molecule has 1 aromatic rings. The highest BCUT2D eigenvalue weighted by Crippen LogP contribution is 2.19. The number of sulfone groups is 1. The Morgan fingerprint density at radius 1 is 1.37 bits per heavy atom. The molecule has 7 heteroatoms. The molecule has 1 saturated heterocycles. The first-order valence-electron chi connectivity index (χ1n) is 6.65. The highest BCUT2D eigenvalue weighted by Gasteiger charge is 2.26. The van der Waals surface area contributed by atoms with Crippen LogP contribution in [0.1, 0.15) is 24.5 Å². The van der Waals surface area contributed by atoms with Gasteiger partial charge in [0.05, 0.1) is 12.3 Å². The van der Waals surface area contributed by atoms with Gasteiger partial charge in [0.2, 0.25) is 0 Å². The van der Waals surface area contributed by atoms with E-state index >= 15 is 0 Å². The zero-order valence-electron chi connectivity index (χ0n) is 11.8. The minimum Gasteiger partial charge on any atom is -0.298 e. The molecular weight excluding hydrogens is 264 g/mol. The van der Waals surface area contributed by atoms with Crippen LogP contribution in [0, 0.1) is 13.8 Å². The van der Waals surface area contributed by atoms with E-state index in [4.69, 9.17) is 0 Å². The van der Waals surface area contributed by atoms with Gasteiger partial charge in [0.25, 0.3) is 0 Å². The summed E-state index contributed by atoms with van der Waals surface area (Å²) < 4.78 is 24.4. The molecule has 1 aliphatic rings. The molecule has 0 bridgehead atoms. The molecule has 0 unspecified atom stereocenters. The lowest BCUT2D eigenvalue weighted by Crippen LogP contribution is -2.36. The van der Waals surface area contributed by atoms with Crippen molar-refractivity contribution in [3.8, 4) is 0 Å². The van der Waals surface area contributed by atoms with Crippen molar-refractivity contribution in [3.05, 3.63) is 11.6 Å². The molecule has 2 rings (SSSR count). The molecule has 0 aliphatic carbocycles. The highest BCUT2D eigenvalue weighted by molar-refractivity contribution is 7.90. The largest absolute Gasteiger partial charge is 0.298 e. The van der Waals surface area contributed by atoms with Gasteiger partial charge in [-0.15, -0.1) is 0 Å². The number of likely N-dealkylation sites (tertiary alicyclic amines) is 1. The van der Waals surface area contributed by atoms with Gasteiger partial charge in [-0.05, 0) is 33.2 Å². The normalized spacial score (nSPS) is 21.1. The van der Waals surface area contributed by atoms with Crippen molar-refractivity contribution >= 4 is 9.84 Å². The minimum atomic E-state index is -2.89. The zero-order chi connectivity index (χ0) is 14.0. The van der Waals surface area contributed by atoms with Crippen LogP contribution in [0.4, 0.5) is 0 Å². The van der Waals surface area contributed by atoms with Crippen molar-refractivity contribution < 1.29 is 8.42 Å². The van der Waals surface area contributed by atoms with Crippen LogP contribution < -0.4 is 0 Å². The van der Waals surface area contributed by atoms with Crippen LogP contribution in [0.3, 0.4) is 0 Å². The Labute approximate surface area is 114 Å². The van der Waals surface area contributed by atoms with Gasteiger partial charge in [0, 0.05) is 18.8 Å². The summed E-state index contributed by atoms with van der Waals surface area (Å²) in [5.41, 5.74) is 0. The highest BCUT2D eigenvalue weighted by atomic mass is 32.2. The standard InChI is InChI=1S/C12H22N4O2S/c1-10-13-11(2)16(14-10)9-12-5-4-6-15(12)7-8-19(3,17)18/h12H,4-9H2,1-3H3/t12-/m1/s1. The van der Waals surface area contributed by atoms with Crippen molar-refractivity contribution in [2.75, 3.05) is 25.1 Å². The van der Waals surface area contributed by atoms with Crippen molar-refractivity contribution in [3.63, 3.8) is 0 Å². The van der Waals surface area contributed by atoms with E-state index in [0.717, 1.165) is 37.6 Å². The number of nitrogens with zero attached hydrogens (tertiary/aromatic N) is 4.